The smallest absolute Gasteiger partial charge is 0.0154 e. The molecule has 1 unspecified atom stereocenters. The van der Waals surface area contributed by atoms with Gasteiger partial charge >= 0.3 is 0 Å². The van der Waals surface area contributed by atoms with E-state index >= 15 is 0 Å². The summed E-state index contributed by atoms with van der Waals surface area (Å²) in [6.07, 6.45) is 5.29. The molecule has 0 aliphatic rings. The van der Waals surface area contributed by atoms with Crippen LogP contribution in [-0.4, -0.2) is 0 Å². The average molecular weight is 211 g/mol. The molecule has 0 aliphatic carbocycles. The van der Waals surface area contributed by atoms with E-state index in [0.29, 0.717) is 5.41 Å². The molecule has 0 aromatic rings. The topological polar surface area (TPSA) is 0 Å². The van der Waals surface area contributed by atoms with E-state index < -0.39 is 0 Å². The van der Waals surface area contributed by atoms with Gasteiger partial charge < -0.3 is 0 Å². The van der Waals surface area contributed by atoms with Gasteiger partial charge in [0.05, 0.1) is 0 Å². The highest BCUT2D eigenvalue weighted by Crippen LogP contribution is 2.44. The van der Waals surface area contributed by atoms with E-state index in [1.165, 1.54) is 25.7 Å². The average Bonchev–Trinajstić information content (AvgIpc) is 2.17. The number of hydrogen-bond donors (Lipinski definition) is 0. The molecule has 0 aromatic heterocycles. The van der Waals surface area contributed by atoms with Crippen molar-refractivity contribution in [3.8, 4) is 0 Å². The van der Waals surface area contributed by atoms with Gasteiger partial charge in [-0.3, -0.25) is 0 Å². The Kier molecular flexibility index (Phi) is 6.55. The van der Waals surface area contributed by atoms with Gasteiger partial charge in [-0.05, 0) is 29.6 Å². The van der Waals surface area contributed by atoms with Crippen molar-refractivity contribution in [3.05, 3.63) is 5.92 Å². The molecule has 0 aromatic carbocycles. The maximum atomic E-state index is 2.43. The Morgan fingerprint density at radius 2 is 1.60 bits per heavy atom. The lowest BCUT2D eigenvalue weighted by atomic mass is 9.64. The van der Waals surface area contributed by atoms with Crippen LogP contribution in [0.1, 0.15) is 74.1 Å². The zero-order chi connectivity index (χ0) is 12.1. The Bertz CT molecular complexity index is 155. The van der Waals surface area contributed by atoms with Gasteiger partial charge in [0, 0.05) is 0 Å². The van der Waals surface area contributed by atoms with Crippen LogP contribution < -0.4 is 0 Å². The van der Waals surface area contributed by atoms with Crippen LogP contribution in [0.5, 0.6) is 0 Å². The molecule has 0 rings (SSSR count). The van der Waals surface area contributed by atoms with Gasteiger partial charge in [-0.2, -0.15) is 0 Å². The second-order valence-electron chi connectivity index (χ2n) is 5.81. The lowest BCUT2D eigenvalue weighted by molar-refractivity contribution is 0.213. The van der Waals surface area contributed by atoms with Crippen LogP contribution in [0.4, 0.5) is 0 Å². The summed E-state index contributed by atoms with van der Waals surface area (Å²) < 4.78 is 0. The summed E-state index contributed by atoms with van der Waals surface area (Å²) in [6.45, 7) is 16.6. The van der Waals surface area contributed by atoms with Gasteiger partial charge in [0.1, 0.15) is 0 Å². The molecular formula is C15H31. The summed E-state index contributed by atoms with van der Waals surface area (Å²) in [5.74, 6) is 3.33. The van der Waals surface area contributed by atoms with Crippen molar-refractivity contribution in [2.75, 3.05) is 0 Å². The molecule has 0 amide bonds. The molecule has 0 saturated heterocycles. The van der Waals surface area contributed by atoms with Gasteiger partial charge in [-0.1, -0.05) is 67.7 Å². The van der Waals surface area contributed by atoms with Gasteiger partial charge in [0.2, 0.25) is 0 Å². The second kappa shape index (κ2) is 6.55. The van der Waals surface area contributed by atoms with E-state index in [0.717, 1.165) is 11.8 Å². The minimum Gasteiger partial charge on any atom is -0.0654 e. The summed E-state index contributed by atoms with van der Waals surface area (Å²) >= 11 is 0. The lowest BCUT2D eigenvalue weighted by Gasteiger charge is -2.41. The van der Waals surface area contributed by atoms with E-state index in [4.69, 9.17) is 0 Å². The van der Waals surface area contributed by atoms with Crippen molar-refractivity contribution in [1.82, 2.24) is 0 Å². The Morgan fingerprint density at radius 3 is 1.93 bits per heavy atom. The highest BCUT2D eigenvalue weighted by Gasteiger charge is 2.35. The van der Waals surface area contributed by atoms with Crippen LogP contribution in [0, 0.1) is 23.2 Å². The number of rotatable bonds is 7. The fourth-order valence-corrected chi connectivity index (χ4v) is 2.19. The monoisotopic (exact) mass is 211 g/mol. The van der Waals surface area contributed by atoms with E-state index in [9.17, 15) is 0 Å². The highest BCUT2D eigenvalue weighted by atomic mass is 14.4. The molecule has 0 nitrogen and oxygen atoms in total. The Balaban J connectivity index is 4.60. The molecule has 15 heavy (non-hydrogen) atoms. The third-order valence-corrected chi connectivity index (χ3v) is 4.28. The zero-order valence-corrected chi connectivity index (χ0v) is 12.0. The number of unbranched alkanes of at least 4 members (excludes halogenated alkanes) is 1. The summed E-state index contributed by atoms with van der Waals surface area (Å²) in [4.78, 5) is 0. The predicted octanol–water partition coefficient (Wildman–Crippen LogP) is 5.48. The van der Waals surface area contributed by atoms with Crippen LogP contribution in [0.2, 0.25) is 0 Å². The van der Waals surface area contributed by atoms with Crippen molar-refractivity contribution in [2.24, 2.45) is 17.3 Å². The number of hydrogen-bond acceptors (Lipinski definition) is 0. The van der Waals surface area contributed by atoms with Crippen molar-refractivity contribution < 1.29 is 0 Å². The van der Waals surface area contributed by atoms with E-state index in [-0.39, 0.29) is 0 Å². The van der Waals surface area contributed by atoms with Gasteiger partial charge in [-0.25, -0.2) is 0 Å². The molecule has 91 valence electrons. The molecule has 0 bridgehead atoms. The maximum Gasteiger partial charge on any atom is -0.0154 e. The normalized spacial score (nSPS) is 15.0. The molecule has 0 N–H and O–H groups in total. The van der Waals surface area contributed by atoms with Crippen molar-refractivity contribution in [2.45, 2.75) is 74.1 Å². The van der Waals surface area contributed by atoms with Crippen molar-refractivity contribution in [3.63, 3.8) is 0 Å². The third kappa shape index (κ3) is 4.17. The first-order valence-electron chi connectivity index (χ1n) is 6.74. The molecule has 0 aliphatic heterocycles. The Hall–Kier alpha value is 0. The first-order valence-corrected chi connectivity index (χ1v) is 6.74. The third-order valence-electron chi connectivity index (χ3n) is 4.28. The molecule has 0 heteroatoms. The second-order valence-corrected chi connectivity index (χ2v) is 5.81. The Labute approximate surface area is 97.8 Å². The summed E-state index contributed by atoms with van der Waals surface area (Å²) in [5.41, 5.74) is 0.407. The van der Waals surface area contributed by atoms with Gasteiger partial charge in [-0.15, -0.1) is 0 Å². The van der Waals surface area contributed by atoms with Gasteiger partial charge in [0.15, 0.2) is 0 Å². The van der Waals surface area contributed by atoms with Crippen molar-refractivity contribution >= 4 is 0 Å². The largest absolute Gasteiger partial charge is 0.0654 e. The fraction of sp³-hybridized carbons (Fsp3) is 0.933. The molecule has 0 fully saturated rings. The summed E-state index contributed by atoms with van der Waals surface area (Å²) in [5, 5.41) is 0. The van der Waals surface area contributed by atoms with E-state index in [2.05, 4.69) is 48.5 Å². The minimum atomic E-state index is 0.407. The van der Waals surface area contributed by atoms with Crippen LogP contribution >= 0.6 is 0 Å². The standard InChI is InChI=1S/C15H31/c1-8-10-11-14(13(5)9-2)15(6,7)12(3)4/h12-13H,8-11H2,1-7H3. The lowest BCUT2D eigenvalue weighted by Crippen LogP contribution is -2.32. The molecular weight excluding hydrogens is 180 g/mol. The quantitative estimate of drug-likeness (QED) is 0.523. The SMILES string of the molecule is CCCC[C](C(C)CC)C(C)(C)C(C)C. The maximum absolute atomic E-state index is 2.43. The van der Waals surface area contributed by atoms with Crippen LogP contribution in [0.15, 0.2) is 0 Å². The molecule has 1 atom stereocenters. The molecule has 1 radical (unpaired) electrons. The van der Waals surface area contributed by atoms with Crippen LogP contribution in [0.25, 0.3) is 0 Å². The molecule has 0 saturated carbocycles. The zero-order valence-electron chi connectivity index (χ0n) is 12.0. The van der Waals surface area contributed by atoms with Crippen LogP contribution in [0.3, 0.4) is 0 Å². The predicted molar refractivity (Wildman–Crippen MR) is 70.8 cm³/mol. The summed E-state index contributed by atoms with van der Waals surface area (Å²) in [7, 11) is 0. The Morgan fingerprint density at radius 1 is 1.07 bits per heavy atom. The van der Waals surface area contributed by atoms with E-state index in [1.807, 2.05) is 0 Å². The minimum absolute atomic E-state index is 0.407. The van der Waals surface area contributed by atoms with Gasteiger partial charge in [0.25, 0.3) is 0 Å². The molecule has 0 spiro atoms. The summed E-state index contributed by atoms with van der Waals surface area (Å²) in [6, 6.07) is 0. The first kappa shape index (κ1) is 15.0. The first-order chi connectivity index (χ1) is 6.87. The van der Waals surface area contributed by atoms with Crippen molar-refractivity contribution in [1.29, 1.82) is 0 Å². The highest BCUT2D eigenvalue weighted by molar-refractivity contribution is 5.06. The van der Waals surface area contributed by atoms with E-state index in [1.54, 1.807) is 5.92 Å². The molecule has 0 heterocycles. The van der Waals surface area contributed by atoms with Crippen LogP contribution in [-0.2, 0) is 0 Å². The fourth-order valence-electron chi connectivity index (χ4n) is 2.19.